The predicted molar refractivity (Wildman–Crippen MR) is 39.1 cm³/mol. The van der Waals surface area contributed by atoms with Crippen LogP contribution in [0.3, 0.4) is 0 Å². The molecule has 0 saturated heterocycles. The van der Waals surface area contributed by atoms with E-state index >= 15 is 0 Å². The van der Waals surface area contributed by atoms with Gasteiger partial charge in [-0.15, -0.1) is 0 Å². The Morgan fingerprint density at radius 3 is 1.00 bits per heavy atom. The summed E-state index contributed by atoms with van der Waals surface area (Å²) in [7, 11) is 0. The predicted octanol–water partition coefficient (Wildman–Crippen LogP) is -1.17. The molecule has 0 amide bonds. The van der Waals surface area contributed by atoms with E-state index in [2.05, 4.69) is 0 Å². The monoisotopic (exact) mass is 369 g/mol. The summed E-state index contributed by atoms with van der Waals surface area (Å²) in [5.41, 5.74) is 0. The van der Waals surface area contributed by atoms with Gasteiger partial charge >= 0.3 is 88.1 Å². The topological polar surface area (TPSA) is 102 Å². The number of hydrogen-bond acceptors (Lipinski definition) is 6. The molecule has 0 atom stereocenters. The van der Waals surface area contributed by atoms with E-state index in [0.717, 1.165) is 0 Å². The van der Waals surface area contributed by atoms with Crippen molar-refractivity contribution < 1.29 is 62.1 Å². The maximum absolute atomic E-state index is 11.2. The van der Waals surface area contributed by atoms with Gasteiger partial charge in [-0.3, -0.25) is 0 Å². The van der Waals surface area contributed by atoms with Gasteiger partial charge in [0.15, 0.2) is 0 Å². The fraction of sp³-hybridized carbons (Fsp3) is 0. The van der Waals surface area contributed by atoms with E-state index in [1.165, 1.54) is 0 Å². The third kappa shape index (κ3) is 1.04. The molecule has 0 bridgehead atoms. The molecular weight excluding hydrogens is 360 g/mol. The summed E-state index contributed by atoms with van der Waals surface area (Å²) in [6, 6.07) is 0. The summed E-state index contributed by atoms with van der Waals surface area (Å²) in [5, 5.41) is 0. The van der Waals surface area contributed by atoms with E-state index in [9.17, 15) is 28.8 Å². The average Bonchev–Trinajstić information content (AvgIpc) is 2.25. The molecule has 0 aliphatic carbocycles. The Balaban J connectivity index is 6.74. The van der Waals surface area contributed by atoms with Crippen LogP contribution in [0.4, 0.5) is 4.79 Å². The SMILES string of the molecule is O=[CH][Mo]([CH]=O)([CH]=O)([CH]=O)([CH]=O)[C](=O)[Mo]. The molecule has 14 heavy (non-hydrogen) atoms. The van der Waals surface area contributed by atoms with Gasteiger partial charge in [0.2, 0.25) is 0 Å². The molecule has 77 valence electrons. The van der Waals surface area contributed by atoms with E-state index in [4.69, 9.17) is 0 Å². The molecule has 0 aliphatic rings. The van der Waals surface area contributed by atoms with E-state index < -0.39 is 16.1 Å². The van der Waals surface area contributed by atoms with Crippen LogP contribution in [0.25, 0.3) is 0 Å². The van der Waals surface area contributed by atoms with Crippen LogP contribution in [-0.2, 0) is 57.3 Å². The molecular formula is C6H5Mo2O6. The minimum atomic E-state index is -6.73. The van der Waals surface area contributed by atoms with Crippen LogP contribution >= 0.6 is 0 Å². The van der Waals surface area contributed by atoms with Crippen molar-refractivity contribution in [1.82, 2.24) is 0 Å². The normalized spacial score (nSPS) is 15.4. The van der Waals surface area contributed by atoms with Crippen LogP contribution in [0, 0.1) is 0 Å². The standard InChI is InChI=1S/5CHO.CO.2Mo/c6*1-2;;/h5*1H;;;. The van der Waals surface area contributed by atoms with Gasteiger partial charge in [-0.25, -0.2) is 0 Å². The summed E-state index contributed by atoms with van der Waals surface area (Å²) in [5.74, 6) is 0. The molecule has 0 spiro atoms. The summed E-state index contributed by atoms with van der Waals surface area (Å²) in [6.45, 7) is 0. The van der Waals surface area contributed by atoms with Crippen molar-refractivity contribution in [3.8, 4) is 0 Å². The van der Waals surface area contributed by atoms with Gasteiger partial charge in [0, 0.05) is 0 Å². The first-order valence-corrected chi connectivity index (χ1v) is 10.8. The molecule has 0 aromatic carbocycles. The molecule has 0 saturated carbocycles. The van der Waals surface area contributed by atoms with Crippen LogP contribution in [0.15, 0.2) is 0 Å². The minimum absolute atomic E-state index is 0.355. The van der Waals surface area contributed by atoms with E-state index in [1.807, 2.05) is 0 Å². The summed E-state index contributed by atoms with van der Waals surface area (Å²) < 4.78 is -3.03. The Hall–Kier alpha value is -0.603. The zero-order chi connectivity index (χ0) is 11.5. The van der Waals surface area contributed by atoms with Crippen LogP contribution in [0.1, 0.15) is 0 Å². The summed E-state index contributed by atoms with van der Waals surface area (Å²) >= 11 is -6.10. The second kappa shape index (κ2) is 3.21. The van der Waals surface area contributed by atoms with Crippen molar-refractivity contribution in [2.45, 2.75) is 0 Å². The first kappa shape index (κ1) is 13.4. The van der Waals surface area contributed by atoms with Gasteiger partial charge in [-0.05, 0) is 0 Å². The van der Waals surface area contributed by atoms with Crippen molar-refractivity contribution in [3.05, 3.63) is 0 Å². The molecule has 0 aromatic rings. The number of carbonyl (C=O) groups excluding carboxylic acids is 6. The first-order chi connectivity index (χ1) is 6.37. The van der Waals surface area contributed by atoms with Gasteiger partial charge in [0.25, 0.3) is 0 Å². The second-order valence-electron chi connectivity index (χ2n) is 2.68. The molecule has 0 radical (unpaired) electrons. The van der Waals surface area contributed by atoms with Gasteiger partial charge in [0.05, 0.1) is 0 Å². The fourth-order valence-corrected chi connectivity index (χ4v) is 5.36. The second-order valence-corrected chi connectivity index (χ2v) is 18.3. The molecule has 0 N–H and O–H groups in total. The van der Waals surface area contributed by atoms with Crippen molar-refractivity contribution in [1.29, 1.82) is 0 Å². The van der Waals surface area contributed by atoms with Crippen molar-refractivity contribution in [2.24, 2.45) is 0 Å². The molecule has 0 rings (SSSR count). The Kier molecular flexibility index (Phi) is 3.07. The van der Waals surface area contributed by atoms with Crippen LogP contribution < -0.4 is 0 Å². The van der Waals surface area contributed by atoms with Gasteiger partial charge in [-0.2, -0.15) is 0 Å². The van der Waals surface area contributed by atoms with Crippen LogP contribution in [0.5, 0.6) is 0 Å². The molecule has 0 unspecified atom stereocenters. The molecule has 0 aliphatic heterocycles. The molecule has 6 nitrogen and oxygen atoms in total. The average molecular weight is 365 g/mol. The quantitative estimate of drug-likeness (QED) is 0.434. The van der Waals surface area contributed by atoms with E-state index in [-0.39, 0.29) is 23.4 Å². The Morgan fingerprint density at radius 2 is 1.00 bits per heavy atom. The van der Waals surface area contributed by atoms with Gasteiger partial charge in [0.1, 0.15) is 0 Å². The van der Waals surface area contributed by atoms with Crippen LogP contribution in [-0.4, -0.2) is 25.9 Å². The van der Waals surface area contributed by atoms with Crippen molar-refractivity contribution in [2.75, 3.05) is 0 Å². The van der Waals surface area contributed by atoms with Crippen molar-refractivity contribution in [3.63, 3.8) is 0 Å². The zero-order valence-electron chi connectivity index (χ0n) is 6.65. The van der Waals surface area contributed by atoms with E-state index in [0.29, 0.717) is 19.8 Å². The Bertz CT molecular complexity index is 299. The van der Waals surface area contributed by atoms with Gasteiger partial charge in [-0.1, -0.05) is 0 Å². The Labute approximate surface area is 87.8 Å². The van der Waals surface area contributed by atoms with Crippen LogP contribution in [0.2, 0.25) is 0 Å². The molecule has 0 fully saturated rings. The number of rotatable bonds is 6. The number of carbonyl (C=O) groups is 6. The summed E-state index contributed by atoms with van der Waals surface area (Å²) in [6.07, 6.45) is 0. The number of hydrogen-bond donors (Lipinski definition) is 0. The third-order valence-corrected chi connectivity index (χ3v) is 17.8. The maximum atomic E-state index is 11.2. The Morgan fingerprint density at radius 1 is 0.786 bits per heavy atom. The fourth-order valence-electron chi connectivity index (χ4n) is 0.423. The molecule has 0 heterocycles. The summed E-state index contributed by atoms with van der Waals surface area (Å²) in [4.78, 5) is 65.1. The third-order valence-electron chi connectivity index (χ3n) is 1.83. The molecule has 8 heteroatoms. The van der Waals surface area contributed by atoms with Crippen molar-refractivity contribution >= 4 is 25.9 Å². The zero-order valence-corrected chi connectivity index (χ0v) is 10.7. The van der Waals surface area contributed by atoms with Gasteiger partial charge < -0.3 is 0 Å². The first-order valence-electron chi connectivity index (χ1n) is 2.97. The van der Waals surface area contributed by atoms with E-state index in [1.54, 1.807) is 0 Å². The molecule has 0 aromatic heterocycles.